The molecule has 2 rings (SSSR count). The largest absolute Gasteiger partial charge is 0.476 e. The van der Waals surface area contributed by atoms with E-state index in [0.717, 1.165) is 0 Å². The number of hydrogen-bond acceptors (Lipinski definition) is 7. The average Bonchev–Trinajstić information content (AvgIpc) is 2.38. The predicted molar refractivity (Wildman–Crippen MR) is 62.7 cm³/mol. The summed E-state index contributed by atoms with van der Waals surface area (Å²) in [5.41, 5.74) is -0.226. The smallest absolute Gasteiger partial charge is 0.372 e. The Morgan fingerprint density at radius 1 is 1.50 bits per heavy atom. The number of piperidine rings is 1. The Kier molecular flexibility index (Phi) is 3.56. The molecule has 0 saturated carbocycles. The van der Waals surface area contributed by atoms with Crippen LogP contribution in [0.3, 0.4) is 0 Å². The number of anilines is 1. The molecule has 1 aliphatic rings. The molecule has 1 aliphatic heterocycles. The summed E-state index contributed by atoms with van der Waals surface area (Å²) in [6.45, 7) is 1.06. The Morgan fingerprint density at radius 3 is 2.72 bits per heavy atom. The first kappa shape index (κ1) is 12.5. The van der Waals surface area contributed by atoms with Gasteiger partial charge in [0.15, 0.2) is 0 Å². The maximum atomic E-state index is 11.1. The number of aliphatic hydroxyl groups is 1. The van der Waals surface area contributed by atoms with E-state index in [-0.39, 0.29) is 23.5 Å². The molecule has 1 aromatic heterocycles. The number of nitrogens with zero attached hydrogens (tertiary/aromatic N) is 4. The summed E-state index contributed by atoms with van der Waals surface area (Å²) in [6.07, 6.45) is 2.04. The minimum absolute atomic E-state index is 0.0453. The Bertz CT molecular complexity index is 446. The SMILES string of the molecule is COc1ncnc(N2CCC(O)CC2)c1[N+](=O)[O-]. The number of ether oxygens (including phenoxy) is 1. The lowest BCUT2D eigenvalue weighted by molar-refractivity contribution is -0.385. The van der Waals surface area contributed by atoms with E-state index >= 15 is 0 Å². The topological polar surface area (TPSA) is 102 Å². The van der Waals surface area contributed by atoms with Crippen LogP contribution in [0.1, 0.15) is 12.8 Å². The summed E-state index contributed by atoms with van der Waals surface area (Å²) in [4.78, 5) is 20.0. The van der Waals surface area contributed by atoms with Crippen molar-refractivity contribution >= 4 is 11.5 Å². The van der Waals surface area contributed by atoms with Crippen LogP contribution in [0, 0.1) is 10.1 Å². The van der Waals surface area contributed by atoms with Gasteiger partial charge in [-0.1, -0.05) is 0 Å². The molecule has 0 atom stereocenters. The van der Waals surface area contributed by atoms with Crippen molar-refractivity contribution in [2.75, 3.05) is 25.1 Å². The lowest BCUT2D eigenvalue weighted by Gasteiger charge is -2.29. The van der Waals surface area contributed by atoms with Crippen LogP contribution in [0.4, 0.5) is 11.5 Å². The molecule has 0 unspecified atom stereocenters. The van der Waals surface area contributed by atoms with E-state index in [4.69, 9.17) is 4.74 Å². The quantitative estimate of drug-likeness (QED) is 0.613. The molecule has 0 aromatic carbocycles. The monoisotopic (exact) mass is 254 g/mol. The van der Waals surface area contributed by atoms with Gasteiger partial charge in [0, 0.05) is 13.1 Å². The zero-order chi connectivity index (χ0) is 13.1. The minimum atomic E-state index is -0.542. The van der Waals surface area contributed by atoms with Gasteiger partial charge in [-0.15, -0.1) is 0 Å². The summed E-state index contributed by atoms with van der Waals surface area (Å²) < 4.78 is 4.89. The first-order valence-corrected chi connectivity index (χ1v) is 5.60. The van der Waals surface area contributed by atoms with Gasteiger partial charge in [0.25, 0.3) is 5.88 Å². The van der Waals surface area contributed by atoms with Crippen LogP contribution in [0.25, 0.3) is 0 Å². The Balaban J connectivity index is 2.35. The molecule has 1 saturated heterocycles. The average molecular weight is 254 g/mol. The van der Waals surface area contributed by atoms with Crippen LogP contribution in [-0.2, 0) is 0 Å². The number of rotatable bonds is 3. The minimum Gasteiger partial charge on any atom is -0.476 e. The van der Waals surface area contributed by atoms with E-state index in [0.29, 0.717) is 25.9 Å². The molecule has 98 valence electrons. The summed E-state index contributed by atoms with van der Waals surface area (Å²) in [5.74, 6) is 0.204. The van der Waals surface area contributed by atoms with Crippen LogP contribution in [0.5, 0.6) is 5.88 Å². The second-order valence-electron chi connectivity index (χ2n) is 4.03. The molecule has 8 heteroatoms. The van der Waals surface area contributed by atoms with Crippen LogP contribution in [-0.4, -0.2) is 46.3 Å². The van der Waals surface area contributed by atoms with Gasteiger partial charge in [-0.3, -0.25) is 10.1 Å². The van der Waals surface area contributed by atoms with Crippen molar-refractivity contribution in [3.63, 3.8) is 0 Å². The van der Waals surface area contributed by atoms with Gasteiger partial charge in [-0.2, -0.15) is 4.98 Å². The van der Waals surface area contributed by atoms with Crippen LogP contribution in [0.2, 0.25) is 0 Å². The first-order valence-electron chi connectivity index (χ1n) is 5.60. The van der Waals surface area contributed by atoms with Crippen molar-refractivity contribution in [1.29, 1.82) is 0 Å². The highest BCUT2D eigenvalue weighted by molar-refractivity contribution is 5.62. The molecule has 2 heterocycles. The number of nitro groups is 1. The summed E-state index contributed by atoms with van der Waals surface area (Å²) >= 11 is 0. The molecular weight excluding hydrogens is 240 g/mol. The van der Waals surface area contributed by atoms with Crippen molar-refractivity contribution < 1.29 is 14.8 Å². The number of aromatic nitrogens is 2. The Hall–Kier alpha value is -1.96. The van der Waals surface area contributed by atoms with Gasteiger partial charge in [0.2, 0.25) is 5.82 Å². The molecule has 1 N–H and O–H groups in total. The van der Waals surface area contributed by atoms with Gasteiger partial charge in [0.05, 0.1) is 18.1 Å². The molecule has 0 bridgehead atoms. The molecule has 0 amide bonds. The standard InChI is InChI=1S/C10H14N4O4/c1-18-10-8(14(16)17)9(11-6-12-10)13-4-2-7(15)3-5-13/h6-7,15H,2-5H2,1H3. The lowest BCUT2D eigenvalue weighted by Crippen LogP contribution is -2.36. The second kappa shape index (κ2) is 5.13. The number of aliphatic hydroxyl groups excluding tert-OH is 1. The third kappa shape index (κ3) is 2.33. The molecule has 0 spiro atoms. The number of methoxy groups -OCH3 is 1. The Labute approximate surface area is 103 Å². The van der Waals surface area contributed by atoms with Gasteiger partial charge >= 0.3 is 5.69 Å². The molecule has 0 radical (unpaired) electrons. The fourth-order valence-electron chi connectivity index (χ4n) is 1.97. The molecule has 1 aromatic rings. The van der Waals surface area contributed by atoms with Crippen molar-refractivity contribution in [1.82, 2.24) is 9.97 Å². The third-order valence-electron chi connectivity index (χ3n) is 2.91. The molecular formula is C10H14N4O4. The predicted octanol–water partition coefficient (Wildman–Crippen LogP) is 0.354. The van der Waals surface area contributed by atoms with Crippen LogP contribution in [0.15, 0.2) is 6.33 Å². The lowest BCUT2D eigenvalue weighted by atomic mass is 10.1. The zero-order valence-corrected chi connectivity index (χ0v) is 9.94. The van der Waals surface area contributed by atoms with Gasteiger partial charge < -0.3 is 14.7 Å². The maximum Gasteiger partial charge on any atom is 0.372 e. The van der Waals surface area contributed by atoms with Gasteiger partial charge in [-0.25, -0.2) is 4.98 Å². The van der Waals surface area contributed by atoms with E-state index in [9.17, 15) is 15.2 Å². The van der Waals surface area contributed by atoms with Crippen molar-refractivity contribution in [2.45, 2.75) is 18.9 Å². The fourth-order valence-corrected chi connectivity index (χ4v) is 1.97. The highest BCUT2D eigenvalue weighted by Crippen LogP contribution is 2.34. The van der Waals surface area contributed by atoms with E-state index in [1.54, 1.807) is 4.90 Å². The van der Waals surface area contributed by atoms with Crippen LogP contribution >= 0.6 is 0 Å². The molecule has 0 aliphatic carbocycles. The molecule has 8 nitrogen and oxygen atoms in total. The highest BCUT2D eigenvalue weighted by atomic mass is 16.6. The van der Waals surface area contributed by atoms with E-state index in [1.807, 2.05) is 0 Å². The van der Waals surface area contributed by atoms with Crippen molar-refractivity contribution in [3.05, 3.63) is 16.4 Å². The normalized spacial score (nSPS) is 16.7. The zero-order valence-electron chi connectivity index (χ0n) is 9.94. The third-order valence-corrected chi connectivity index (χ3v) is 2.91. The van der Waals surface area contributed by atoms with Crippen molar-refractivity contribution in [3.8, 4) is 5.88 Å². The van der Waals surface area contributed by atoms with E-state index in [2.05, 4.69) is 9.97 Å². The summed E-state index contributed by atoms with van der Waals surface area (Å²) in [6, 6.07) is 0. The summed E-state index contributed by atoms with van der Waals surface area (Å²) in [5, 5.41) is 20.5. The molecule has 1 fully saturated rings. The maximum absolute atomic E-state index is 11.1. The molecule has 18 heavy (non-hydrogen) atoms. The fraction of sp³-hybridized carbons (Fsp3) is 0.600. The second-order valence-corrected chi connectivity index (χ2v) is 4.03. The number of hydrogen-bond donors (Lipinski definition) is 1. The van der Waals surface area contributed by atoms with Gasteiger partial charge in [0.1, 0.15) is 6.33 Å². The van der Waals surface area contributed by atoms with E-state index < -0.39 is 4.92 Å². The van der Waals surface area contributed by atoms with Crippen molar-refractivity contribution in [2.24, 2.45) is 0 Å². The first-order chi connectivity index (χ1) is 8.63. The Morgan fingerprint density at radius 2 is 2.17 bits per heavy atom. The summed E-state index contributed by atoms with van der Waals surface area (Å²) in [7, 11) is 1.33. The van der Waals surface area contributed by atoms with E-state index in [1.165, 1.54) is 13.4 Å². The van der Waals surface area contributed by atoms with Crippen LogP contribution < -0.4 is 9.64 Å². The van der Waals surface area contributed by atoms with Gasteiger partial charge in [-0.05, 0) is 12.8 Å². The highest BCUT2D eigenvalue weighted by Gasteiger charge is 2.29.